The number of nitro benzene ring substituents is 1. The summed E-state index contributed by atoms with van der Waals surface area (Å²) in [6, 6.07) is 14.1. The third-order valence-electron chi connectivity index (χ3n) is 5.66. The topological polar surface area (TPSA) is 113 Å². The normalized spacial score (nSPS) is 15.4. The number of benzene rings is 2. The van der Waals surface area contributed by atoms with Gasteiger partial charge in [0, 0.05) is 36.4 Å². The van der Waals surface area contributed by atoms with Crippen LogP contribution in [-0.4, -0.2) is 37.4 Å². The zero-order chi connectivity index (χ0) is 22.9. The second-order valence-electron chi connectivity index (χ2n) is 7.72. The van der Waals surface area contributed by atoms with E-state index in [0.29, 0.717) is 40.8 Å². The molecule has 4 aromatic rings. The summed E-state index contributed by atoms with van der Waals surface area (Å²) in [5.41, 5.74) is 3.27. The highest BCUT2D eigenvalue weighted by molar-refractivity contribution is 7.98. The van der Waals surface area contributed by atoms with Gasteiger partial charge in [0.1, 0.15) is 5.75 Å². The van der Waals surface area contributed by atoms with Gasteiger partial charge in [-0.05, 0) is 23.6 Å². The Balaban J connectivity index is 1.37. The van der Waals surface area contributed by atoms with E-state index in [9.17, 15) is 14.9 Å². The van der Waals surface area contributed by atoms with E-state index in [1.165, 1.54) is 23.9 Å². The van der Waals surface area contributed by atoms with Crippen LogP contribution in [0.4, 0.5) is 5.69 Å². The Morgan fingerprint density at radius 1 is 1.15 bits per heavy atom. The maximum Gasteiger partial charge on any atom is 0.269 e. The Hall–Kier alpha value is -3.79. The van der Waals surface area contributed by atoms with E-state index in [2.05, 4.69) is 15.1 Å². The molecule has 166 valence electrons. The number of carbonyl (C=O) groups excluding carboxylic acids is 1. The lowest BCUT2D eigenvalue weighted by atomic mass is 9.82. The number of non-ortho nitro benzene ring substituents is 1. The number of hydrogen-bond acceptors (Lipinski definition) is 8. The smallest absolute Gasteiger partial charge is 0.269 e. The number of ketones is 1. The molecular weight excluding hydrogens is 442 g/mol. The quantitative estimate of drug-likeness (QED) is 0.238. The minimum atomic E-state index is -0.423. The van der Waals surface area contributed by atoms with Crippen molar-refractivity contribution in [3.05, 3.63) is 87.2 Å². The van der Waals surface area contributed by atoms with Crippen molar-refractivity contribution in [1.82, 2.24) is 19.6 Å². The summed E-state index contributed by atoms with van der Waals surface area (Å²) in [6.07, 6.45) is 2.72. The molecule has 5 rings (SSSR count). The number of Topliss-reactive ketones (excluding diaryl/α,β-unsaturated/α-hetero) is 1. The molecule has 0 N–H and O–H groups in total. The fourth-order valence-electron chi connectivity index (χ4n) is 4.01. The molecule has 33 heavy (non-hydrogen) atoms. The number of rotatable bonds is 6. The Kier molecular flexibility index (Phi) is 5.51. The highest BCUT2D eigenvalue weighted by Crippen LogP contribution is 2.36. The second kappa shape index (κ2) is 8.62. The van der Waals surface area contributed by atoms with Gasteiger partial charge in [-0.3, -0.25) is 14.9 Å². The van der Waals surface area contributed by atoms with Crippen LogP contribution < -0.4 is 4.74 Å². The third kappa shape index (κ3) is 4.17. The summed E-state index contributed by atoms with van der Waals surface area (Å²) in [4.78, 5) is 32.4. The maximum atomic E-state index is 12.9. The van der Waals surface area contributed by atoms with Crippen molar-refractivity contribution in [1.29, 1.82) is 0 Å². The van der Waals surface area contributed by atoms with Gasteiger partial charge < -0.3 is 4.74 Å². The molecule has 2 heterocycles. The summed E-state index contributed by atoms with van der Waals surface area (Å²) in [6.45, 7) is 0. The van der Waals surface area contributed by atoms with Crippen LogP contribution in [0.2, 0.25) is 0 Å². The SMILES string of the molecule is COc1ccccc1[C@H]1CC(=O)c2cn3nc(SCc4ccc([N+](=O)[O-])cc4)nc3nc2C1. The molecule has 0 unspecified atom stereocenters. The van der Waals surface area contributed by atoms with Crippen molar-refractivity contribution in [3.63, 3.8) is 0 Å². The van der Waals surface area contributed by atoms with Crippen molar-refractivity contribution < 1.29 is 14.5 Å². The van der Waals surface area contributed by atoms with Gasteiger partial charge >= 0.3 is 0 Å². The van der Waals surface area contributed by atoms with Crippen molar-refractivity contribution in [2.45, 2.75) is 29.7 Å². The molecule has 9 nitrogen and oxygen atoms in total. The van der Waals surface area contributed by atoms with Crippen LogP contribution in [0.3, 0.4) is 0 Å². The van der Waals surface area contributed by atoms with Gasteiger partial charge in [-0.2, -0.15) is 4.98 Å². The average molecular weight is 462 g/mol. The molecular formula is C23H19N5O4S. The highest BCUT2D eigenvalue weighted by atomic mass is 32.2. The molecule has 10 heteroatoms. The largest absolute Gasteiger partial charge is 0.496 e. The van der Waals surface area contributed by atoms with E-state index >= 15 is 0 Å². The van der Waals surface area contributed by atoms with E-state index in [1.807, 2.05) is 24.3 Å². The lowest BCUT2D eigenvalue weighted by Crippen LogP contribution is -2.21. The molecule has 1 aliphatic carbocycles. The van der Waals surface area contributed by atoms with Crippen LogP contribution in [0.15, 0.2) is 59.9 Å². The lowest BCUT2D eigenvalue weighted by Gasteiger charge is -2.24. The number of thioether (sulfide) groups is 1. The molecule has 0 spiro atoms. The maximum absolute atomic E-state index is 12.9. The highest BCUT2D eigenvalue weighted by Gasteiger charge is 2.30. The number of nitrogens with zero attached hydrogens (tertiary/aromatic N) is 5. The summed E-state index contributed by atoms with van der Waals surface area (Å²) in [5.74, 6) is 1.79. The van der Waals surface area contributed by atoms with Gasteiger partial charge in [-0.25, -0.2) is 9.50 Å². The summed E-state index contributed by atoms with van der Waals surface area (Å²) in [7, 11) is 1.63. The number of hydrogen-bond donors (Lipinski definition) is 0. The molecule has 0 bridgehead atoms. The first-order valence-electron chi connectivity index (χ1n) is 10.3. The van der Waals surface area contributed by atoms with Gasteiger partial charge in [-0.15, -0.1) is 5.10 Å². The summed E-state index contributed by atoms with van der Waals surface area (Å²) in [5, 5.41) is 15.8. The number of ether oxygens (including phenoxy) is 1. The van der Waals surface area contributed by atoms with E-state index in [-0.39, 0.29) is 17.4 Å². The van der Waals surface area contributed by atoms with Gasteiger partial charge in [0.05, 0.1) is 23.3 Å². The molecule has 0 aliphatic heterocycles. The van der Waals surface area contributed by atoms with E-state index in [4.69, 9.17) is 4.74 Å². The predicted molar refractivity (Wildman–Crippen MR) is 122 cm³/mol. The zero-order valence-corrected chi connectivity index (χ0v) is 18.5. The van der Waals surface area contributed by atoms with Gasteiger partial charge in [-0.1, -0.05) is 42.1 Å². The molecule has 0 saturated carbocycles. The molecule has 2 aromatic carbocycles. The molecule has 0 radical (unpaired) electrons. The Morgan fingerprint density at radius 3 is 2.70 bits per heavy atom. The first-order valence-corrected chi connectivity index (χ1v) is 11.3. The fourth-order valence-corrected chi connectivity index (χ4v) is 4.79. The predicted octanol–water partition coefficient (Wildman–Crippen LogP) is 4.25. The molecule has 2 aromatic heterocycles. The minimum Gasteiger partial charge on any atom is -0.496 e. The number of para-hydroxylation sites is 1. The van der Waals surface area contributed by atoms with Crippen molar-refractivity contribution in [2.75, 3.05) is 7.11 Å². The van der Waals surface area contributed by atoms with Crippen LogP contribution in [0, 0.1) is 10.1 Å². The number of nitro groups is 1. The van der Waals surface area contributed by atoms with Crippen LogP contribution in [-0.2, 0) is 12.2 Å². The third-order valence-corrected chi connectivity index (χ3v) is 6.57. The van der Waals surface area contributed by atoms with Crippen LogP contribution in [0.25, 0.3) is 5.78 Å². The first kappa shape index (κ1) is 21.1. The number of aromatic nitrogens is 4. The monoisotopic (exact) mass is 461 g/mol. The first-order chi connectivity index (χ1) is 16.0. The number of methoxy groups -OCH3 is 1. The molecule has 0 amide bonds. The van der Waals surface area contributed by atoms with Crippen LogP contribution >= 0.6 is 11.8 Å². The average Bonchev–Trinajstić information content (AvgIpc) is 3.23. The Morgan fingerprint density at radius 2 is 1.94 bits per heavy atom. The van der Waals surface area contributed by atoms with Crippen molar-refractivity contribution >= 4 is 29.0 Å². The van der Waals surface area contributed by atoms with Gasteiger partial charge in [0.15, 0.2) is 5.78 Å². The lowest BCUT2D eigenvalue weighted by molar-refractivity contribution is -0.384. The standard InChI is InChI=1S/C23H19N5O4S/c1-32-21-5-3-2-4-17(21)15-10-19-18(20(29)11-15)12-27-22(24-19)25-23(26-27)33-13-14-6-8-16(9-7-14)28(30)31/h2-9,12,15H,10-11,13H2,1H3/t15-/m1/s1. The fraction of sp³-hybridized carbons (Fsp3) is 0.217. The number of carbonyl (C=O) groups is 1. The van der Waals surface area contributed by atoms with E-state index < -0.39 is 4.92 Å². The number of fused-ring (bicyclic) bond motifs is 2. The minimum absolute atomic E-state index is 0.00463. The summed E-state index contributed by atoms with van der Waals surface area (Å²) < 4.78 is 7.02. The van der Waals surface area contributed by atoms with E-state index in [1.54, 1.807) is 30.0 Å². The van der Waals surface area contributed by atoms with Gasteiger partial charge in [0.25, 0.3) is 11.5 Å². The molecule has 1 atom stereocenters. The molecule has 0 saturated heterocycles. The second-order valence-corrected chi connectivity index (χ2v) is 8.67. The van der Waals surface area contributed by atoms with Gasteiger partial charge in [0.2, 0.25) is 5.16 Å². The summed E-state index contributed by atoms with van der Waals surface area (Å²) >= 11 is 1.40. The van der Waals surface area contributed by atoms with E-state index in [0.717, 1.165) is 16.9 Å². The van der Waals surface area contributed by atoms with Crippen LogP contribution in [0.5, 0.6) is 5.75 Å². The van der Waals surface area contributed by atoms with Crippen molar-refractivity contribution in [2.24, 2.45) is 0 Å². The van der Waals surface area contributed by atoms with Crippen molar-refractivity contribution in [3.8, 4) is 5.75 Å². The molecule has 1 aliphatic rings. The zero-order valence-electron chi connectivity index (χ0n) is 17.7. The Labute approximate surface area is 193 Å². The Bertz CT molecular complexity index is 1370. The van der Waals surface area contributed by atoms with Crippen LogP contribution in [0.1, 0.15) is 39.5 Å². The molecule has 0 fully saturated rings.